The van der Waals surface area contributed by atoms with Gasteiger partial charge in [-0.3, -0.25) is 9.59 Å². The summed E-state index contributed by atoms with van der Waals surface area (Å²) < 4.78 is 38.9. The average molecular weight is 391 g/mol. The SMILES string of the molecule is O=C(C1CCCC1)N1CCc2nc(-c3cccc(C(F)(F)F)c3)[nH]c(=O)c2C1. The molecule has 2 aliphatic rings. The van der Waals surface area contributed by atoms with E-state index in [-0.39, 0.29) is 29.8 Å². The van der Waals surface area contributed by atoms with Crippen molar-refractivity contribution in [2.45, 2.75) is 44.8 Å². The van der Waals surface area contributed by atoms with Gasteiger partial charge in [-0.05, 0) is 25.0 Å². The monoisotopic (exact) mass is 391 g/mol. The van der Waals surface area contributed by atoms with Crippen LogP contribution in [0.4, 0.5) is 13.2 Å². The van der Waals surface area contributed by atoms with Crippen molar-refractivity contribution in [1.29, 1.82) is 0 Å². The largest absolute Gasteiger partial charge is 0.416 e. The molecule has 0 atom stereocenters. The molecule has 1 aromatic carbocycles. The van der Waals surface area contributed by atoms with Crippen LogP contribution in [0.5, 0.6) is 0 Å². The van der Waals surface area contributed by atoms with Gasteiger partial charge in [0.1, 0.15) is 5.82 Å². The van der Waals surface area contributed by atoms with Crippen LogP contribution in [0.15, 0.2) is 29.1 Å². The predicted molar refractivity (Wildman–Crippen MR) is 96.4 cm³/mol. The Morgan fingerprint density at radius 3 is 2.68 bits per heavy atom. The van der Waals surface area contributed by atoms with Crippen molar-refractivity contribution in [1.82, 2.24) is 14.9 Å². The molecule has 148 valence electrons. The number of carbonyl (C=O) groups is 1. The summed E-state index contributed by atoms with van der Waals surface area (Å²) in [6, 6.07) is 4.73. The Labute approximate surface area is 159 Å². The number of hydrogen-bond acceptors (Lipinski definition) is 3. The van der Waals surface area contributed by atoms with E-state index in [0.717, 1.165) is 37.8 Å². The van der Waals surface area contributed by atoms with Crippen LogP contribution in [0.2, 0.25) is 0 Å². The number of hydrogen-bond donors (Lipinski definition) is 1. The van der Waals surface area contributed by atoms with Gasteiger partial charge in [-0.1, -0.05) is 25.0 Å². The molecule has 1 fully saturated rings. The van der Waals surface area contributed by atoms with Crippen LogP contribution in [0.3, 0.4) is 0 Å². The number of halogens is 3. The number of benzene rings is 1. The van der Waals surface area contributed by atoms with Gasteiger partial charge in [-0.25, -0.2) is 4.98 Å². The highest BCUT2D eigenvalue weighted by atomic mass is 19.4. The van der Waals surface area contributed by atoms with Crippen molar-refractivity contribution in [3.05, 3.63) is 51.4 Å². The van der Waals surface area contributed by atoms with Crippen LogP contribution < -0.4 is 5.56 Å². The molecular weight excluding hydrogens is 371 g/mol. The van der Waals surface area contributed by atoms with Gasteiger partial charge in [0.25, 0.3) is 5.56 Å². The second kappa shape index (κ2) is 7.07. The number of aromatic nitrogens is 2. The Kier molecular flexibility index (Phi) is 4.72. The molecule has 0 spiro atoms. The van der Waals surface area contributed by atoms with E-state index in [9.17, 15) is 22.8 Å². The molecule has 1 amide bonds. The van der Waals surface area contributed by atoms with Gasteiger partial charge in [0.05, 0.1) is 23.4 Å². The second-order valence-electron chi connectivity index (χ2n) is 7.41. The molecule has 4 rings (SSSR count). The fourth-order valence-electron chi connectivity index (χ4n) is 4.02. The first-order valence-electron chi connectivity index (χ1n) is 9.41. The summed E-state index contributed by atoms with van der Waals surface area (Å²) in [5, 5.41) is 0. The lowest BCUT2D eigenvalue weighted by atomic mass is 10.0. The van der Waals surface area contributed by atoms with Crippen LogP contribution >= 0.6 is 0 Å². The summed E-state index contributed by atoms with van der Waals surface area (Å²) >= 11 is 0. The first-order valence-corrected chi connectivity index (χ1v) is 9.41. The Hall–Kier alpha value is -2.64. The van der Waals surface area contributed by atoms with Gasteiger partial charge >= 0.3 is 6.18 Å². The predicted octanol–water partition coefficient (Wildman–Crippen LogP) is 3.53. The molecular formula is C20H20F3N3O2. The van der Waals surface area contributed by atoms with Crippen molar-refractivity contribution < 1.29 is 18.0 Å². The van der Waals surface area contributed by atoms with Crippen molar-refractivity contribution >= 4 is 5.91 Å². The topological polar surface area (TPSA) is 66.1 Å². The number of nitrogens with one attached hydrogen (secondary N) is 1. The Bertz CT molecular complexity index is 962. The minimum absolute atomic E-state index is 0.0398. The summed E-state index contributed by atoms with van der Waals surface area (Å²) in [7, 11) is 0. The maximum Gasteiger partial charge on any atom is 0.416 e. The van der Waals surface area contributed by atoms with Crippen molar-refractivity contribution in [2.24, 2.45) is 5.92 Å². The molecule has 2 heterocycles. The maximum atomic E-state index is 13.0. The molecule has 0 saturated heterocycles. The highest BCUT2D eigenvalue weighted by Gasteiger charge is 2.32. The van der Waals surface area contributed by atoms with Gasteiger partial charge in [0, 0.05) is 24.4 Å². The first-order chi connectivity index (χ1) is 13.3. The molecule has 0 radical (unpaired) electrons. The van der Waals surface area contributed by atoms with Crippen molar-refractivity contribution in [2.75, 3.05) is 6.54 Å². The van der Waals surface area contributed by atoms with Gasteiger partial charge in [-0.15, -0.1) is 0 Å². The highest BCUT2D eigenvalue weighted by Crippen LogP contribution is 2.32. The van der Waals surface area contributed by atoms with E-state index in [4.69, 9.17) is 0 Å². The molecule has 1 aromatic heterocycles. The number of carbonyl (C=O) groups excluding carboxylic acids is 1. The number of rotatable bonds is 2. The molecule has 1 saturated carbocycles. The number of aromatic amines is 1. The van der Waals surface area contributed by atoms with E-state index < -0.39 is 17.3 Å². The number of amides is 1. The van der Waals surface area contributed by atoms with E-state index >= 15 is 0 Å². The molecule has 0 bridgehead atoms. The van der Waals surface area contributed by atoms with E-state index in [1.54, 1.807) is 4.90 Å². The second-order valence-corrected chi connectivity index (χ2v) is 7.41. The van der Waals surface area contributed by atoms with Crippen molar-refractivity contribution in [3.63, 3.8) is 0 Å². The van der Waals surface area contributed by atoms with Gasteiger partial charge in [0.15, 0.2) is 0 Å². The smallest absolute Gasteiger partial charge is 0.337 e. The standard InChI is InChI=1S/C20H20F3N3O2/c21-20(22,23)14-7-3-6-13(10-14)17-24-16-8-9-26(11-15(16)18(27)25-17)19(28)12-4-1-2-5-12/h3,6-7,10,12H,1-2,4-5,8-9,11H2,(H,24,25,27). The first kappa shape index (κ1) is 18.7. The van der Waals surface area contributed by atoms with Crippen LogP contribution in [0.25, 0.3) is 11.4 Å². The zero-order chi connectivity index (χ0) is 19.9. The minimum atomic E-state index is -4.47. The van der Waals surface area contributed by atoms with Gasteiger partial charge < -0.3 is 9.88 Å². The molecule has 28 heavy (non-hydrogen) atoms. The third-order valence-corrected chi connectivity index (χ3v) is 5.55. The van der Waals surface area contributed by atoms with Gasteiger partial charge in [0.2, 0.25) is 5.91 Å². The summed E-state index contributed by atoms with van der Waals surface area (Å²) in [6.07, 6.45) is -0.140. The number of nitrogens with zero attached hydrogens (tertiary/aromatic N) is 2. The zero-order valence-electron chi connectivity index (χ0n) is 15.2. The van der Waals surface area contributed by atoms with E-state index in [1.807, 2.05) is 0 Å². The molecule has 1 N–H and O–H groups in total. The Balaban J connectivity index is 1.62. The van der Waals surface area contributed by atoms with Crippen molar-refractivity contribution in [3.8, 4) is 11.4 Å². The lowest BCUT2D eigenvalue weighted by Gasteiger charge is -2.30. The fourth-order valence-corrected chi connectivity index (χ4v) is 4.02. The number of H-pyrrole nitrogens is 1. The van der Waals surface area contributed by atoms with Crippen LogP contribution in [-0.2, 0) is 23.9 Å². The fraction of sp³-hybridized carbons (Fsp3) is 0.450. The minimum Gasteiger partial charge on any atom is -0.337 e. The zero-order valence-corrected chi connectivity index (χ0v) is 15.2. The Morgan fingerprint density at radius 2 is 1.96 bits per heavy atom. The number of fused-ring (bicyclic) bond motifs is 1. The number of alkyl halides is 3. The van der Waals surface area contributed by atoms with Gasteiger partial charge in [-0.2, -0.15) is 13.2 Å². The normalized spacial score (nSPS) is 17.6. The molecule has 2 aromatic rings. The molecule has 1 aliphatic carbocycles. The lowest BCUT2D eigenvalue weighted by Crippen LogP contribution is -2.42. The summed E-state index contributed by atoms with van der Waals surface area (Å²) in [5.41, 5.74) is -0.0146. The van der Waals surface area contributed by atoms with E-state index in [2.05, 4.69) is 9.97 Å². The molecule has 0 unspecified atom stereocenters. The van der Waals surface area contributed by atoms with Crippen LogP contribution in [-0.4, -0.2) is 27.3 Å². The Morgan fingerprint density at radius 1 is 1.21 bits per heavy atom. The molecule has 1 aliphatic heterocycles. The third-order valence-electron chi connectivity index (χ3n) is 5.55. The maximum absolute atomic E-state index is 13.0. The lowest BCUT2D eigenvalue weighted by molar-refractivity contribution is -0.137. The van der Waals surface area contributed by atoms with Crippen LogP contribution in [0, 0.1) is 5.92 Å². The summed E-state index contributed by atoms with van der Waals surface area (Å²) in [5.74, 6) is 0.243. The van der Waals surface area contributed by atoms with Crippen LogP contribution in [0.1, 0.15) is 42.5 Å². The third kappa shape index (κ3) is 3.55. The molecule has 5 nitrogen and oxygen atoms in total. The summed E-state index contributed by atoms with van der Waals surface area (Å²) in [4.78, 5) is 33.9. The summed E-state index contributed by atoms with van der Waals surface area (Å²) in [6.45, 7) is 0.677. The highest BCUT2D eigenvalue weighted by molar-refractivity contribution is 5.79. The quantitative estimate of drug-likeness (QED) is 0.852. The molecule has 8 heteroatoms. The average Bonchev–Trinajstić information content (AvgIpc) is 3.21. The van der Waals surface area contributed by atoms with E-state index in [1.165, 1.54) is 12.1 Å². The van der Waals surface area contributed by atoms with E-state index in [0.29, 0.717) is 24.2 Å².